The van der Waals surface area contributed by atoms with Gasteiger partial charge in [-0.1, -0.05) is 62.9 Å². The quantitative estimate of drug-likeness (QED) is 0.628. The van der Waals surface area contributed by atoms with Gasteiger partial charge < -0.3 is 10.6 Å². The van der Waals surface area contributed by atoms with E-state index in [2.05, 4.69) is 10.6 Å². The Morgan fingerprint density at radius 2 is 1.81 bits per heavy atom. The molecule has 0 spiro atoms. The van der Waals surface area contributed by atoms with Crippen LogP contribution in [0.5, 0.6) is 0 Å². The number of carbonyl (C=O) groups is 3. The summed E-state index contributed by atoms with van der Waals surface area (Å²) in [4.78, 5) is 38.9. The first-order valence-corrected chi connectivity index (χ1v) is 9.56. The van der Waals surface area contributed by atoms with Crippen molar-refractivity contribution in [2.45, 2.75) is 63.5 Å². The van der Waals surface area contributed by atoms with Crippen LogP contribution in [0.3, 0.4) is 0 Å². The third kappa shape index (κ3) is 3.59. The lowest BCUT2D eigenvalue weighted by molar-refractivity contribution is -0.135. The second-order valence-electron chi connectivity index (χ2n) is 7.20. The first-order chi connectivity index (χ1) is 12.6. The zero-order chi connectivity index (χ0) is 18.6. The zero-order valence-electron chi connectivity index (χ0n) is 15.3. The van der Waals surface area contributed by atoms with Gasteiger partial charge in [-0.3, -0.25) is 14.5 Å². The fourth-order valence-corrected chi connectivity index (χ4v) is 3.97. The van der Waals surface area contributed by atoms with Gasteiger partial charge in [-0.25, -0.2) is 4.79 Å². The van der Waals surface area contributed by atoms with Gasteiger partial charge in [-0.15, -0.1) is 0 Å². The molecule has 6 nitrogen and oxygen atoms in total. The zero-order valence-corrected chi connectivity index (χ0v) is 15.3. The molecule has 6 heteroatoms. The lowest BCUT2D eigenvalue weighted by atomic mass is 9.87. The van der Waals surface area contributed by atoms with E-state index in [1.165, 1.54) is 12.8 Å². The molecular weight excluding hydrogens is 330 g/mol. The molecule has 1 aliphatic heterocycles. The molecule has 1 saturated carbocycles. The summed E-state index contributed by atoms with van der Waals surface area (Å²) < 4.78 is 0. The average Bonchev–Trinajstić information content (AvgIpc) is 2.82. The van der Waals surface area contributed by atoms with Gasteiger partial charge in [0.1, 0.15) is 12.1 Å². The SMILES string of the molecule is CC[C@@]1(c2ccccc2)NC(=O)N(CC(=O)NC2CCCCCC2)C1=O. The number of carbonyl (C=O) groups excluding carboxylic acids is 3. The van der Waals surface area contributed by atoms with Crippen molar-refractivity contribution in [3.05, 3.63) is 35.9 Å². The maximum absolute atomic E-state index is 13.0. The van der Waals surface area contributed by atoms with Crippen molar-refractivity contribution in [2.24, 2.45) is 0 Å². The number of nitrogens with one attached hydrogen (secondary N) is 2. The summed E-state index contributed by atoms with van der Waals surface area (Å²) in [6, 6.07) is 8.86. The predicted octanol–water partition coefficient (Wildman–Crippen LogP) is 2.68. The van der Waals surface area contributed by atoms with E-state index in [4.69, 9.17) is 0 Å². The van der Waals surface area contributed by atoms with Crippen molar-refractivity contribution in [3.63, 3.8) is 0 Å². The molecule has 2 fully saturated rings. The number of hydrogen-bond donors (Lipinski definition) is 2. The van der Waals surface area contributed by atoms with Crippen molar-refractivity contribution >= 4 is 17.8 Å². The summed E-state index contributed by atoms with van der Waals surface area (Å²) in [5, 5.41) is 5.81. The van der Waals surface area contributed by atoms with Crippen LogP contribution in [0.15, 0.2) is 30.3 Å². The predicted molar refractivity (Wildman–Crippen MR) is 98.3 cm³/mol. The van der Waals surface area contributed by atoms with Crippen molar-refractivity contribution in [3.8, 4) is 0 Å². The van der Waals surface area contributed by atoms with Crippen LogP contribution in [0.25, 0.3) is 0 Å². The van der Waals surface area contributed by atoms with Crippen LogP contribution < -0.4 is 10.6 Å². The average molecular weight is 357 g/mol. The molecule has 0 aromatic heterocycles. The normalized spacial score (nSPS) is 24.3. The standard InChI is InChI=1S/C20H27N3O3/c1-2-20(15-10-6-5-7-11-15)18(25)23(19(26)22-20)14-17(24)21-16-12-8-3-4-9-13-16/h5-7,10-11,16H,2-4,8-9,12-14H2,1H3,(H,21,24)(H,22,26)/t20-/m0/s1. The van der Waals surface area contributed by atoms with Crippen LogP contribution >= 0.6 is 0 Å². The van der Waals surface area contributed by atoms with Crippen LogP contribution in [0.4, 0.5) is 4.79 Å². The molecule has 0 radical (unpaired) electrons. The van der Waals surface area contributed by atoms with E-state index in [1.54, 1.807) is 0 Å². The lowest BCUT2D eigenvalue weighted by Gasteiger charge is -2.25. The molecule has 140 valence electrons. The summed E-state index contributed by atoms with van der Waals surface area (Å²) in [5.74, 6) is -0.618. The maximum Gasteiger partial charge on any atom is 0.325 e. The van der Waals surface area contributed by atoms with Gasteiger partial charge in [0.15, 0.2) is 0 Å². The van der Waals surface area contributed by atoms with E-state index in [0.717, 1.165) is 36.1 Å². The number of hydrogen-bond acceptors (Lipinski definition) is 3. The number of benzene rings is 1. The lowest BCUT2D eigenvalue weighted by Crippen LogP contribution is -2.46. The largest absolute Gasteiger partial charge is 0.352 e. The summed E-state index contributed by atoms with van der Waals surface area (Å²) in [7, 11) is 0. The molecule has 2 N–H and O–H groups in total. The third-order valence-corrected chi connectivity index (χ3v) is 5.49. The Morgan fingerprint density at radius 1 is 1.15 bits per heavy atom. The summed E-state index contributed by atoms with van der Waals surface area (Å²) in [6.07, 6.45) is 7.00. The smallest absolute Gasteiger partial charge is 0.325 e. The van der Waals surface area contributed by atoms with Gasteiger partial charge >= 0.3 is 6.03 Å². The van der Waals surface area contributed by atoms with Crippen LogP contribution in [0, 0.1) is 0 Å². The molecule has 1 atom stereocenters. The highest BCUT2D eigenvalue weighted by Gasteiger charge is 2.51. The molecule has 0 bridgehead atoms. The Labute approximate surface area is 154 Å². The number of nitrogens with zero attached hydrogens (tertiary/aromatic N) is 1. The molecule has 2 aliphatic rings. The fourth-order valence-electron chi connectivity index (χ4n) is 3.97. The molecule has 3 rings (SSSR count). The van der Waals surface area contributed by atoms with Crippen molar-refractivity contribution in [1.82, 2.24) is 15.5 Å². The minimum Gasteiger partial charge on any atom is -0.352 e. The van der Waals surface area contributed by atoms with Gasteiger partial charge in [0.2, 0.25) is 5.91 Å². The number of urea groups is 1. The molecule has 1 aliphatic carbocycles. The van der Waals surface area contributed by atoms with Crippen LogP contribution in [-0.4, -0.2) is 35.3 Å². The molecule has 0 unspecified atom stereocenters. The van der Waals surface area contributed by atoms with E-state index < -0.39 is 11.6 Å². The summed E-state index contributed by atoms with van der Waals surface area (Å²) in [5.41, 5.74) is -0.339. The number of rotatable bonds is 5. The Balaban J connectivity index is 1.69. The molecule has 1 heterocycles. The Morgan fingerprint density at radius 3 is 2.42 bits per heavy atom. The van der Waals surface area contributed by atoms with E-state index in [1.807, 2.05) is 37.3 Å². The first-order valence-electron chi connectivity index (χ1n) is 9.56. The van der Waals surface area contributed by atoms with Crippen molar-refractivity contribution < 1.29 is 14.4 Å². The highest BCUT2D eigenvalue weighted by molar-refractivity contribution is 6.09. The van der Waals surface area contributed by atoms with Crippen molar-refractivity contribution in [2.75, 3.05) is 6.54 Å². The molecule has 1 saturated heterocycles. The number of amides is 4. The maximum atomic E-state index is 13.0. The monoisotopic (exact) mass is 357 g/mol. The number of imide groups is 1. The van der Waals surface area contributed by atoms with E-state index >= 15 is 0 Å². The van der Waals surface area contributed by atoms with E-state index in [0.29, 0.717) is 6.42 Å². The van der Waals surface area contributed by atoms with Gasteiger partial charge in [-0.05, 0) is 24.8 Å². The summed E-state index contributed by atoms with van der Waals surface area (Å²) >= 11 is 0. The Hall–Kier alpha value is -2.37. The second-order valence-corrected chi connectivity index (χ2v) is 7.20. The van der Waals surface area contributed by atoms with Gasteiger partial charge in [-0.2, -0.15) is 0 Å². The van der Waals surface area contributed by atoms with Gasteiger partial charge in [0.25, 0.3) is 5.91 Å². The highest BCUT2D eigenvalue weighted by Crippen LogP contribution is 2.32. The van der Waals surface area contributed by atoms with E-state index in [-0.39, 0.29) is 24.4 Å². The van der Waals surface area contributed by atoms with Gasteiger partial charge in [0.05, 0.1) is 0 Å². The van der Waals surface area contributed by atoms with E-state index in [9.17, 15) is 14.4 Å². The second kappa shape index (κ2) is 7.89. The molecule has 26 heavy (non-hydrogen) atoms. The Bertz CT molecular complexity index is 668. The molecular formula is C20H27N3O3. The summed E-state index contributed by atoms with van der Waals surface area (Å²) in [6.45, 7) is 1.63. The molecule has 1 aromatic rings. The molecule has 4 amide bonds. The highest BCUT2D eigenvalue weighted by atomic mass is 16.2. The van der Waals surface area contributed by atoms with Crippen LogP contribution in [0.2, 0.25) is 0 Å². The minimum atomic E-state index is -1.08. The minimum absolute atomic E-state index is 0.149. The topological polar surface area (TPSA) is 78.5 Å². The van der Waals surface area contributed by atoms with Crippen LogP contribution in [0.1, 0.15) is 57.4 Å². The van der Waals surface area contributed by atoms with Gasteiger partial charge in [0, 0.05) is 6.04 Å². The Kier molecular flexibility index (Phi) is 5.59. The van der Waals surface area contributed by atoms with Crippen LogP contribution in [-0.2, 0) is 15.1 Å². The fraction of sp³-hybridized carbons (Fsp3) is 0.550. The third-order valence-electron chi connectivity index (χ3n) is 5.49. The first kappa shape index (κ1) is 18.4. The molecule has 1 aromatic carbocycles. The van der Waals surface area contributed by atoms with Crippen molar-refractivity contribution in [1.29, 1.82) is 0 Å².